The van der Waals surface area contributed by atoms with Gasteiger partial charge >= 0.3 is 0 Å². The van der Waals surface area contributed by atoms with Gasteiger partial charge < -0.3 is 0 Å². The first-order valence-corrected chi connectivity index (χ1v) is 6.55. The Morgan fingerprint density at radius 1 is 0.550 bits per heavy atom. The zero-order chi connectivity index (χ0) is 14.5. The summed E-state index contributed by atoms with van der Waals surface area (Å²) < 4.78 is 0. The average Bonchev–Trinajstić information content (AvgIpc) is 2.53. The minimum absolute atomic E-state index is 1.21. The van der Waals surface area contributed by atoms with Crippen LogP contribution in [0.4, 0.5) is 0 Å². The van der Waals surface area contributed by atoms with E-state index in [4.69, 9.17) is 0 Å². The molecule has 0 fully saturated rings. The smallest absolute Gasteiger partial charge is 0.0257 e. The van der Waals surface area contributed by atoms with E-state index in [0.29, 0.717) is 0 Å². The molecule has 0 N–H and O–H groups in total. The summed E-state index contributed by atoms with van der Waals surface area (Å²) in [5, 5.41) is 0. The van der Waals surface area contributed by atoms with Crippen LogP contribution >= 0.6 is 0 Å². The molecule has 0 spiro atoms. The molecule has 0 aliphatic carbocycles. The van der Waals surface area contributed by atoms with Crippen LogP contribution in [0.15, 0.2) is 98.1 Å². The number of hydrogen-bond donors (Lipinski definition) is 0. The van der Waals surface area contributed by atoms with Gasteiger partial charge in [-0.1, -0.05) is 110 Å². The van der Waals surface area contributed by atoms with Crippen molar-refractivity contribution >= 4 is 12.2 Å². The standard InChI is InChI=1S/2C10H10/c2*1-2-3-7-10-8-5-4-6-9-10/h2*2-9H,1H2. The lowest BCUT2D eigenvalue weighted by Crippen LogP contribution is -1.65. The fourth-order valence-corrected chi connectivity index (χ4v) is 1.49. The van der Waals surface area contributed by atoms with Crippen molar-refractivity contribution in [2.24, 2.45) is 0 Å². The lowest BCUT2D eigenvalue weighted by Gasteiger charge is -1.87. The van der Waals surface area contributed by atoms with Gasteiger partial charge in [0.05, 0.1) is 0 Å². The Bertz CT molecular complexity index is 492. The zero-order valence-electron chi connectivity index (χ0n) is 11.7. The quantitative estimate of drug-likeness (QED) is 0.612. The molecule has 0 aliphatic rings. The molecule has 100 valence electrons. The Kier molecular flexibility index (Phi) is 7.99. The normalized spacial score (nSPS) is 10.0. The van der Waals surface area contributed by atoms with Crippen LogP contribution in [-0.4, -0.2) is 0 Å². The SMILES string of the molecule is C=CC=Cc1ccccc1.C=CC=Cc1ccccc1. The average molecular weight is 260 g/mol. The minimum Gasteiger partial charge on any atom is -0.0991 e. The molecule has 0 heteroatoms. The zero-order valence-corrected chi connectivity index (χ0v) is 11.7. The molecule has 0 saturated carbocycles. The van der Waals surface area contributed by atoms with E-state index >= 15 is 0 Å². The van der Waals surface area contributed by atoms with Gasteiger partial charge in [0.1, 0.15) is 0 Å². The second-order valence-corrected chi connectivity index (χ2v) is 4.01. The van der Waals surface area contributed by atoms with Crippen molar-refractivity contribution < 1.29 is 0 Å². The predicted octanol–water partition coefficient (Wildman–Crippen LogP) is 5.77. The molecule has 2 aromatic rings. The molecule has 2 aromatic carbocycles. The fraction of sp³-hybridized carbons (Fsp3) is 0. The minimum atomic E-state index is 1.21. The summed E-state index contributed by atoms with van der Waals surface area (Å²) in [6.07, 6.45) is 11.4. The molecular formula is C20H20. The molecular weight excluding hydrogens is 240 g/mol. The van der Waals surface area contributed by atoms with Crippen molar-refractivity contribution in [1.82, 2.24) is 0 Å². The van der Waals surface area contributed by atoms with Crippen LogP contribution in [0, 0.1) is 0 Å². The van der Waals surface area contributed by atoms with Crippen molar-refractivity contribution in [3.8, 4) is 0 Å². The Morgan fingerprint density at radius 2 is 0.900 bits per heavy atom. The highest BCUT2D eigenvalue weighted by Crippen LogP contribution is 2.00. The molecule has 0 atom stereocenters. The topological polar surface area (TPSA) is 0 Å². The van der Waals surface area contributed by atoms with Gasteiger partial charge in [0.25, 0.3) is 0 Å². The molecule has 0 amide bonds. The Balaban J connectivity index is 0.000000200. The monoisotopic (exact) mass is 260 g/mol. The first kappa shape index (κ1) is 15.5. The second kappa shape index (κ2) is 10.3. The second-order valence-electron chi connectivity index (χ2n) is 4.01. The first-order chi connectivity index (χ1) is 9.86. The van der Waals surface area contributed by atoms with E-state index < -0.39 is 0 Å². The summed E-state index contributed by atoms with van der Waals surface area (Å²) in [6.45, 7) is 7.18. The van der Waals surface area contributed by atoms with E-state index in [1.165, 1.54) is 11.1 Å². The molecule has 0 bridgehead atoms. The number of rotatable bonds is 4. The molecule has 20 heavy (non-hydrogen) atoms. The maximum absolute atomic E-state index is 3.59. The van der Waals surface area contributed by atoms with Gasteiger partial charge in [-0.05, 0) is 11.1 Å². The lowest BCUT2D eigenvalue weighted by atomic mass is 10.2. The third kappa shape index (κ3) is 6.97. The van der Waals surface area contributed by atoms with E-state index in [-0.39, 0.29) is 0 Å². The van der Waals surface area contributed by atoms with Crippen molar-refractivity contribution in [3.63, 3.8) is 0 Å². The third-order valence-corrected chi connectivity index (χ3v) is 2.45. The van der Waals surface area contributed by atoms with Crippen molar-refractivity contribution in [2.75, 3.05) is 0 Å². The van der Waals surface area contributed by atoms with Gasteiger partial charge in [-0.2, -0.15) is 0 Å². The van der Waals surface area contributed by atoms with Gasteiger partial charge in [0.2, 0.25) is 0 Å². The number of allylic oxidation sites excluding steroid dienone is 4. The maximum Gasteiger partial charge on any atom is -0.0257 e. The van der Waals surface area contributed by atoms with E-state index in [9.17, 15) is 0 Å². The van der Waals surface area contributed by atoms with Gasteiger partial charge in [0.15, 0.2) is 0 Å². The number of hydrogen-bond acceptors (Lipinski definition) is 0. The maximum atomic E-state index is 3.59. The first-order valence-electron chi connectivity index (χ1n) is 6.55. The highest BCUT2D eigenvalue weighted by atomic mass is 13.8. The molecule has 0 radical (unpaired) electrons. The molecule has 0 aliphatic heterocycles. The van der Waals surface area contributed by atoms with Crippen LogP contribution in [0.2, 0.25) is 0 Å². The van der Waals surface area contributed by atoms with Gasteiger partial charge in [-0.25, -0.2) is 0 Å². The van der Waals surface area contributed by atoms with Gasteiger partial charge in [-0.3, -0.25) is 0 Å². The Morgan fingerprint density at radius 3 is 1.20 bits per heavy atom. The third-order valence-electron chi connectivity index (χ3n) is 2.45. The Labute approximate surface area is 122 Å². The van der Waals surface area contributed by atoms with Crippen LogP contribution in [0.25, 0.3) is 12.2 Å². The molecule has 0 saturated heterocycles. The van der Waals surface area contributed by atoms with Crippen LogP contribution in [-0.2, 0) is 0 Å². The van der Waals surface area contributed by atoms with Crippen molar-refractivity contribution in [2.45, 2.75) is 0 Å². The van der Waals surface area contributed by atoms with E-state index in [1.54, 1.807) is 12.2 Å². The van der Waals surface area contributed by atoms with Crippen LogP contribution in [0.3, 0.4) is 0 Å². The largest absolute Gasteiger partial charge is 0.0991 e. The summed E-state index contributed by atoms with van der Waals surface area (Å²) in [4.78, 5) is 0. The molecule has 0 unspecified atom stereocenters. The Hall–Kier alpha value is -2.60. The highest BCUT2D eigenvalue weighted by molar-refractivity contribution is 5.50. The lowest BCUT2D eigenvalue weighted by molar-refractivity contribution is 1.66. The van der Waals surface area contributed by atoms with Gasteiger partial charge in [0, 0.05) is 0 Å². The van der Waals surface area contributed by atoms with Crippen LogP contribution in [0.1, 0.15) is 11.1 Å². The molecule has 0 nitrogen and oxygen atoms in total. The van der Waals surface area contributed by atoms with Gasteiger partial charge in [-0.15, -0.1) is 0 Å². The van der Waals surface area contributed by atoms with Crippen LogP contribution < -0.4 is 0 Å². The van der Waals surface area contributed by atoms with Crippen molar-refractivity contribution in [3.05, 3.63) is 109 Å². The summed E-state index contributed by atoms with van der Waals surface area (Å²) in [6, 6.07) is 20.3. The predicted molar refractivity (Wildman–Crippen MR) is 91.3 cm³/mol. The highest BCUT2D eigenvalue weighted by Gasteiger charge is 1.79. The molecule has 0 aromatic heterocycles. The fourth-order valence-electron chi connectivity index (χ4n) is 1.49. The molecule has 0 heterocycles. The van der Waals surface area contributed by atoms with Crippen LogP contribution in [0.5, 0.6) is 0 Å². The van der Waals surface area contributed by atoms with E-state index in [1.807, 2.05) is 60.7 Å². The van der Waals surface area contributed by atoms with E-state index in [2.05, 4.69) is 37.4 Å². The van der Waals surface area contributed by atoms with E-state index in [0.717, 1.165) is 0 Å². The summed E-state index contributed by atoms with van der Waals surface area (Å²) in [5.41, 5.74) is 2.42. The summed E-state index contributed by atoms with van der Waals surface area (Å²) in [7, 11) is 0. The van der Waals surface area contributed by atoms with Crippen molar-refractivity contribution in [1.29, 1.82) is 0 Å². The summed E-state index contributed by atoms with van der Waals surface area (Å²) >= 11 is 0. The summed E-state index contributed by atoms with van der Waals surface area (Å²) in [5.74, 6) is 0. The molecule has 2 rings (SSSR count). The number of benzene rings is 2.